The van der Waals surface area contributed by atoms with E-state index in [0.29, 0.717) is 12.4 Å². The number of alkyl halides is 1. The Morgan fingerprint density at radius 3 is 2.18 bits per heavy atom. The van der Waals surface area contributed by atoms with Crippen LogP contribution in [0.3, 0.4) is 0 Å². The largest absolute Gasteiger partial charge is 0.378 e. The first-order valence-corrected chi connectivity index (χ1v) is 14.6. The molecule has 0 aromatic heterocycles. The highest BCUT2D eigenvalue weighted by molar-refractivity contribution is 6.17. The van der Waals surface area contributed by atoms with Crippen molar-refractivity contribution >= 4 is 28.9 Å². The number of amides is 1. The number of halogens is 1. The summed E-state index contributed by atoms with van der Waals surface area (Å²) in [6.45, 7) is 2.33. The number of hydrogen-bond donors (Lipinski definition) is 1. The Hall–Kier alpha value is -2.82. The second-order valence-electron chi connectivity index (χ2n) is 10.6. The molecule has 0 radical (unpaired) electrons. The highest BCUT2D eigenvalue weighted by Gasteiger charge is 2.27. The van der Waals surface area contributed by atoms with Crippen LogP contribution in [0.2, 0.25) is 0 Å². The fraction of sp³-hybridized carbons (Fsp3) is 0.424. The molecule has 0 saturated heterocycles. The summed E-state index contributed by atoms with van der Waals surface area (Å²) in [6.07, 6.45) is 7.64. The van der Waals surface area contributed by atoms with Gasteiger partial charge in [-0.2, -0.15) is 0 Å². The van der Waals surface area contributed by atoms with Crippen molar-refractivity contribution in [3.8, 4) is 11.1 Å². The standard InChI is InChI=1S/C33H42ClN3O/c1-36(2)31-19-17-29(18-20-31)28-15-13-26(14-16-28)25-37(33(38)30-10-4-3-5-11-30)32-12-8-9-27(23-32)24-35-22-7-6-21-34/h8-9,12-20,23,30,35H,3-7,10-11,21-22,24-25H2,1-2H3. The summed E-state index contributed by atoms with van der Waals surface area (Å²) in [5, 5.41) is 3.51. The van der Waals surface area contributed by atoms with E-state index in [9.17, 15) is 4.79 Å². The summed E-state index contributed by atoms with van der Waals surface area (Å²) < 4.78 is 0. The number of nitrogens with zero attached hydrogens (tertiary/aromatic N) is 2. The molecule has 4 nitrogen and oxygen atoms in total. The molecule has 3 aromatic rings. The molecular weight excluding hydrogens is 490 g/mol. The van der Waals surface area contributed by atoms with Crippen LogP contribution in [0.4, 0.5) is 11.4 Å². The molecule has 0 atom stereocenters. The maximum atomic E-state index is 13.8. The van der Waals surface area contributed by atoms with Crippen molar-refractivity contribution < 1.29 is 4.79 Å². The Kier molecular flexibility index (Phi) is 10.7. The van der Waals surface area contributed by atoms with Crippen LogP contribution >= 0.6 is 11.6 Å². The smallest absolute Gasteiger partial charge is 0.230 e. The molecule has 0 aliphatic heterocycles. The van der Waals surface area contributed by atoms with Gasteiger partial charge in [-0.15, -0.1) is 11.6 Å². The minimum absolute atomic E-state index is 0.121. The van der Waals surface area contributed by atoms with Crippen molar-refractivity contribution in [1.29, 1.82) is 0 Å². The lowest BCUT2D eigenvalue weighted by atomic mass is 9.88. The molecule has 0 bridgehead atoms. The van der Waals surface area contributed by atoms with E-state index in [1.54, 1.807) is 0 Å². The predicted octanol–water partition coefficient (Wildman–Crippen LogP) is 7.64. The van der Waals surface area contributed by atoms with E-state index in [-0.39, 0.29) is 11.8 Å². The quantitative estimate of drug-likeness (QED) is 0.193. The van der Waals surface area contributed by atoms with Crippen molar-refractivity contribution in [2.45, 2.75) is 58.0 Å². The Bertz CT molecular complexity index is 1140. The van der Waals surface area contributed by atoms with Crippen LogP contribution < -0.4 is 15.1 Å². The van der Waals surface area contributed by atoms with Gasteiger partial charge in [-0.05, 0) is 78.7 Å². The van der Waals surface area contributed by atoms with Crippen molar-refractivity contribution in [3.05, 3.63) is 83.9 Å². The topological polar surface area (TPSA) is 35.6 Å². The molecule has 3 aromatic carbocycles. The van der Waals surface area contributed by atoms with E-state index in [1.165, 1.54) is 28.8 Å². The van der Waals surface area contributed by atoms with Gasteiger partial charge in [0.15, 0.2) is 0 Å². The van der Waals surface area contributed by atoms with Gasteiger partial charge in [0, 0.05) is 43.8 Å². The molecule has 1 saturated carbocycles. The van der Waals surface area contributed by atoms with Gasteiger partial charge in [0.25, 0.3) is 0 Å². The summed E-state index contributed by atoms with van der Waals surface area (Å²) in [5.74, 6) is 1.09. The van der Waals surface area contributed by atoms with E-state index < -0.39 is 0 Å². The van der Waals surface area contributed by atoms with Crippen molar-refractivity contribution in [1.82, 2.24) is 5.32 Å². The molecule has 0 heterocycles. The van der Waals surface area contributed by atoms with Crippen LogP contribution in [0, 0.1) is 5.92 Å². The molecule has 38 heavy (non-hydrogen) atoms. The maximum absolute atomic E-state index is 13.8. The zero-order valence-corrected chi connectivity index (χ0v) is 23.7. The van der Waals surface area contributed by atoms with Crippen LogP contribution in [0.5, 0.6) is 0 Å². The SMILES string of the molecule is CN(C)c1ccc(-c2ccc(CN(C(=O)C3CCCCC3)c3cccc(CNCCCCCl)c3)cc2)cc1. The fourth-order valence-corrected chi connectivity index (χ4v) is 5.40. The second kappa shape index (κ2) is 14.4. The third-order valence-corrected chi connectivity index (χ3v) is 7.79. The first kappa shape index (κ1) is 28.2. The number of carbonyl (C=O) groups excluding carboxylic acids is 1. The van der Waals surface area contributed by atoms with Crippen molar-refractivity contribution in [2.75, 3.05) is 36.3 Å². The Morgan fingerprint density at radius 2 is 1.53 bits per heavy atom. The third-order valence-electron chi connectivity index (χ3n) is 7.52. The third kappa shape index (κ3) is 7.85. The van der Waals surface area contributed by atoms with Gasteiger partial charge in [-0.3, -0.25) is 4.79 Å². The lowest BCUT2D eigenvalue weighted by Gasteiger charge is -2.30. The van der Waals surface area contributed by atoms with Crippen LogP contribution in [-0.4, -0.2) is 32.4 Å². The number of benzene rings is 3. The average molecular weight is 532 g/mol. The van der Waals surface area contributed by atoms with Gasteiger partial charge in [0.1, 0.15) is 0 Å². The minimum Gasteiger partial charge on any atom is -0.378 e. The molecule has 4 rings (SSSR count). The number of unbranched alkanes of at least 4 members (excludes halogenated alkanes) is 1. The summed E-state index contributed by atoms with van der Waals surface area (Å²) in [5.41, 5.74) is 6.91. The number of hydrogen-bond acceptors (Lipinski definition) is 3. The van der Waals surface area contributed by atoms with Crippen LogP contribution in [0.25, 0.3) is 11.1 Å². The zero-order chi connectivity index (χ0) is 26.7. The lowest BCUT2D eigenvalue weighted by Crippen LogP contribution is -2.36. The first-order chi connectivity index (χ1) is 18.5. The summed E-state index contributed by atoms with van der Waals surface area (Å²) >= 11 is 5.80. The van der Waals surface area contributed by atoms with Gasteiger partial charge >= 0.3 is 0 Å². The van der Waals surface area contributed by atoms with E-state index in [1.807, 2.05) is 4.90 Å². The highest BCUT2D eigenvalue weighted by atomic mass is 35.5. The van der Waals surface area contributed by atoms with E-state index in [0.717, 1.165) is 62.9 Å². The molecule has 0 spiro atoms. The van der Waals surface area contributed by atoms with Gasteiger partial charge in [0.05, 0.1) is 6.54 Å². The predicted molar refractivity (Wildman–Crippen MR) is 162 cm³/mol. The Morgan fingerprint density at radius 1 is 0.842 bits per heavy atom. The monoisotopic (exact) mass is 531 g/mol. The molecule has 5 heteroatoms. The molecule has 0 unspecified atom stereocenters. The van der Waals surface area contributed by atoms with Gasteiger partial charge in [0.2, 0.25) is 5.91 Å². The van der Waals surface area contributed by atoms with Crippen molar-refractivity contribution in [2.24, 2.45) is 5.92 Å². The summed E-state index contributed by atoms with van der Waals surface area (Å²) in [7, 11) is 4.11. The van der Waals surface area contributed by atoms with E-state index in [4.69, 9.17) is 11.6 Å². The molecule has 202 valence electrons. The minimum atomic E-state index is 0.121. The van der Waals surface area contributed by atoms with Gasteiger partial charge in [-0.25, -0.2) is 0 Å². The molecule has 1 aliphatic carbocycles. The van der Waals surface area contributed by atoms with Crippen LogP contribution in [0.1, 0.15) is 56.1 Å². The molecule has 1 fully saturated rings. The normalized spacial score (nSPS) is 13.9. The van der Waals surface area contributed by atoms with Crippen LogP contribution in [-0.2, 0) is 17.9 Å². The number of nitrogens with one attached hydrogen (secondary N) is 1. The lowest BCUT2D eigenvalue weighted by molar-refractivity contribution is -0.123. The molecule has 1 amide bonds. The number of rotatable bonds is 12. The van der Waals surface area contributed by atoms with E-state index in [2.05, 4.69) is 97.1 Å². The summed E-state index contributed by atoms with van der Waals surface area (Å²) in [6, 6.07) is 25.8. The molecular formula is C33H42ClN3O. The van der Waals surface area contributed by atoms with E-state index >= 15 is 0 Å². The zero-order valence-electron chi connectivity index (χ0n) is 23.0. The molecule has 1 aliphatic rings. The number of anilines is 2. The van der Waals surface area contributed by atoms with Crippen LogP contribution in [0.15, 0.2) is 72.8 Å². The first-order valence-electron chi connectivity index (χ1n) is 14.1. The van der Waals surface area contributed by atoms with Gasteiger partial charge in [-0.1, -0.05) is 67.8 Å². The maximum Gasteiger partial charge on any atom is 0.230 e. The van der Waals surface area contributed by atoms with Crippen molar-refractivity contribution in [3.63, 3.8) is 0 Å². The fourth-order valence-electron chi connectivity index (χ4n) is 5.22. The Labute approximate surface area is 234 Å². The second-order valence-corrected chi connectivity index (χ2v) is 11.0. The molecule has 1 N–H and O–H groups in total. The average Bonchev–Trinajstić information content (AvgIpc) is 2.96. The highest BCUT2D eigenvalue weighted by Crippen LogP contribution is 2.30. The Balaban J connectivity index is 1.51. The summed E-state index contributed by atoms with van der Waals surface area (Å²) in [4.78, 5) is 17.9. The van der Waals surface area contributed by atoms with Gasteiger partial charge < -0.3 is 15.1 Å². The number of carbonyl (C=O) groups is 1.